The van der Waals surface area contributed by atoms with E-state index in [2.05, 4.69) is 12.2 Å². The number of hydrogen-bond acceptors (Lipinski definition) is 3. The highest BCUT2D eigenvalue weighted by molar-refractivity contribution is 5.79. The summed E-state index contributed by atoms with van der Waals surface area (Å²) in [5.41, 5.74) is -0.621. The van der Waals surface area contributed by atoms with Crippen LogP contribution < -0.4 is 5.32 Å². The zero-order chi connectivity index (χ0) is 18.4. The van der Waals surface area contributed by atoms with E-state index >= 15 is 0 Å². The van der Waals surface area contributed by atoms with E-state index < -0.39 is 23.7 Å². The molecule has 0 radical (unpaired) electrons. The highest BCUT2D eigenvalue weighted by Crippen LogP contribution is 2.13. The van der Waals surface area contributed by atoms with Gasteiger partial charge in [0.2, 0.25) is 0 Å². The second kappa shape index (κ2) is 13.1. The van der Waals surface area contributed by atoms with Gasteiger partial charge in [-0.1, -0.05) is 71.1 Å². The van der Waals surface area contributed by atoms with Crippen LogP contribution in [0.25, 0.3) is 0 Å². The molecule has 0 saturated carbocycles. The first-order valence-electron chi connectivity index (χ1n) is 9.48. The number of carbonyl (C=O) groups is 2. The van der Waals surface area contributed by atoms with Gasteiger partial charge in [0.1, 0.15) is 11.6 Å². The van der Waals surface area contributed by atoms with E-state index in [1.54, 1.807) is 20.8 Å². The number of amides is 1. The fourth-order valence-electron chi connectivity index (χ4n) is 2.54. The maximum absolute atomic E-state index is 11.7. The smallest absolute Gasteiger partial charge is 0.408 e. The van der Waals surface area contributed by atoms with E-state index in [-0.39, 0.29) is 0 Å². The van der Waals surface area contributed by atoms with Gasteiger partial charge >= 0.3 is 12.1 Å². The molecular weight excluding hydrogens is 306 g/mol. The zero-order valence-corrected chi connectivity index (χ0v) is 16.0. The van der Waals surface area contributed by atoms with Crippen molar-refractivity contribution in [3.05, 3.63) is 0 Å². The summed E-state index contributed by atoms with van der Waals surface area (Å²) in [7, 11) is 0. The molecular formula is C19H37NO4. The van der Waals surface area contributed by atoms with Crippen LogP contribution in [0.3, 0.4) is 0 Å². The SMILES string of the molecule is CCCCCCCCCCCCC(NC(=O)OC(C)(C)C)C(=O)O. The maximum Gasteiger partial charge on any atom is 0.408 e. The van der Waals surface area contributed by atoms with Gasteiger partial charge in [0, 0.05) is 0 Å². The molecule has 0 bridgehead atoms. The van der Waals surface area contributed by atoms with Gasteiger partial charge < -0.3 is 15.2 Å². The summed E-state index contributed by atoms with van der Waals surface area (Å²) in [5.74, 6) is -1.00. The molecule has 0 aliphatic heterocycles. The van der Waals surface area contributed by atoms with E-state index in [1.807, 2.05) is 0 Å². The summed E-state index contributed by atoms with van der Waals surface area (Å²) in [6.45, 7) is 7.49. The molecule has 0 aromatic rings. The fourth-order valence-corrected chi connectivity index (χ4v) is 2.54. The molecule has 2 N–H and O–H groups in total. The van der Waals surface area contributed by atoms with Gasteiger partial charge in [0.05, 0.1) is 0 Å². The Labute approximate surface area is 147 Å². The lowest BCUT2D eigenvalue weighted by Gasteiger charge is -2.22. The number of ether oxygens (including phenoxy) is 1. The molecule has 0 saturated heterocycles. The molecule has 5 nitrogen and oxygen atoms in total. The molecule has 142 valence electrons. The summed E-state index contributed by atoms with van der Waals surface area (Å²) in [5, 5.41) is 11.6. The van der Waals surface area contributed by atoms with E-state index in [0.29, 0.717) is 6.42 Å². The Bertz CT molecular complexity index is 350. The van der Waals surface area contributed by atoms with Crippen LogP contribution in [0.15, 0.2) is 0 Å². The lowest BCUT2D eigenvalue weighted by Crippen LogP contribution is -2.43. The number of aliphatic carboxylic acids is 1. The maximum atomic E-state index is 11.7. The minimum absolute atomic E-state index is 0.449. The molecule has 1 unspecified atom stereocenters. The quantitative estimate of drug-likeness (QED) is 0.446. The van der Waals surface area contributed by atoms with Gasteiger partial charge in [0.25, 0.3) is 0 Å². The largest absolute Gasteiger partial charge is 0.480 e. The minimum atomic E-state index is -1.00. The van der Waals surface area contributed by atoms with Crippen LogP contribution in [0.1, 0.15) is 98.3 Å². The minimum Gasteiger partial charge on any atom is -0.480 e. The van der Waals surface area contributed by atoms with Gasteiger partial charge in [-0.05, 0) is 27.2 Å². The molecule has 0 aromatic heterocycles. The first-order valence-corrected chi connectivity index (χ1v) is 9.48. The van der Waals surface area contributed by atoms with Crippen molar-refractivity contribution in [2.75, 3.05) is 0 Å². The molecule has 1 atom stereocenters. The molecule has 0 aromatic carbocycles. The van der Waals surface area contributed by atoms with E-state index in [0.717, 1.165) is 19.3 Å². The predicted molar refractivity (Wildman–Crippen MR) is 97.3 cm³/mol. The fraction of sp³-hybridized carbons (Fsp3) is 0.895. The standard InChI is InChI=1S/C19H37NO4/c1-5-6-7-8-9-10-11-12-13-14-15-16(17(21)22)20-18(23)24-19(2,3)4/h16H,5-15H2,1-4H3,(H,20,23)(H,21,22). The molecule has 0 aliphatic rings. The Balaban J connectivity index is 3.76. The highest BCUT2D eigenvalue weighted by Gasteiger charge is 2.23. The van der Waals surface area contributed by atoms with Crippen molar-refractivity contribution in [2.24, 2.45) is 0 Å². The average molecular weight is 344 g/mol. The molecule has 0 aliphatic carbocycles. The van der Waals surface area contributed by atoms with Crippen molar-refractivity contribution in [3.63, 3.8) is 0 Å². The Kier molecular flexibility index (Phi) is 12.4. The number of carbonyl (C=O) groups excluding carboxylic acids is 1. The van der Waals surface area contributed by atoms with Crippen molar-refractivity contribution in [1.82, 2.24) is 5.32 Å². The average Bonchev–Trinajstić information content (AvgIpc) is 2.45. The van der Waals surface area contributed by atoms with Crippen LogP contribution >= 0.6 is 0 Å². The monoisotopic (exact) mass is 343 g/mol. The third-order valence-corrected chi connectivity index (χ3v) is 3.84. The summed E-state index contributed by atoms with van der Waals surface area (Å²) >= 11 is 0. The number of carboxylic acid groups (broad SMARTS) is 1. The molecule has 0 rings (SSSR count). The normalized spacial score (nSPS) is 12.7. The number of rotatable bonds is 13. The van der Waals surface area contributed by atoms with Crippen LogP contribution in [-0.4, -0.2) is 28.8 Å². The van der Waals surface area contributed by atoms with E-state index in [4.69, 9.17) is 4.74 Å². The predicted octanol–water partition coefficient (Wildman–Crippen LogP) is 5.28. The second-order valence-corrected chi connectivity index (χ2v) is 7.51. The number of unbranched alkanes of at least 4 members (excludes halogenated alkanes) is 9. The lowest BCUT2D eigenvalue weighted by atomic mass is 10.0. The van der Waals surface area contributed by atoms with Gasteiger partial charge in [-0.2, -0.15) is 0 Å². The van der Waals surface area contributed by atoms with Crippen molar-refractivity contribution in [1.29, 1.82) is 0 Å². The van der Waals surface area contributed by atoms with Crippen LogP contribution in [0, 0.1) is 0 Å². The molecule has 0 heterocycles. The van der Waals surface area contributed by atoms with Crippen LogP contribution in [0.2, 0.25) is 0 Å². The number of nitrogens with one attached hydrogen (secondary N) is 1. The van der Waals surface area contributed by atoms with E-state index in [9.17, 15) is 14.7 Å². The van der Waals surface area contributed by atoms with Crippen molar-refractivity contribution in [3.8, 4) is 0 Å². The third-order valence-electron chi connectivity index (χ3n) is 3.84. The topological polar surface area (TPSA) is 75.6 Å². The van der Waals surface area contributed by atoms with Crippen molar-refractivity contribution < 1.29 is 19.4 Å². The molecule has 1 amide bonds. The summed E-state index contributed by atoms with van der Waals surface area (Å²) in [4.78, 5) is 22.9. The van der Waals surface area contributed by atoms with Gasteiger partial charge in [-0.25, -0.2) is 9.59 Å². The summed E-state index contributed by atoms with van der Waals surface area (Å²) in [6.07, 6.45) is 11.8. The molecule has 5 heteroatoms. The number of carboxylic acids is 1. The second-order valence-electron chi connectivity index (χ2n) is 7.51. The molecule has 0 spiro atoms. The summed E-state index contributed by atoms with van der Waals surface area (Å²) < 4.78 is 5.10. The van der Waals surface area contributed by atoms with E-state index in [1.165, 1.54) is 44.9 Å². The van der Waals surface area contributed by atoms with Gasteiger partial charge in [-0.15, -0.1) is 0 Å². The Morgan fingerprint density at radius 1 is 0.917 bits per heavy atom. The number of alkyl carbamates (subject to hydrolysis) is 1. The van der Waals surface area contributed by atoms with Crippen molar-refractivity contribution in [2.45, 2.75) is 110 Å². The van der Waals surface area contributed by atoms with Crippen LogP contribution in [-0.2, 0) is 9.53 Å². The first kappa shape index (κ1) is 22.7. The molecule has 24 heavy (non-hydrogen) atoms. The first-order chi connectivity index (χ1) is 11.3. The van der Waals surface area contributed by atoms with Crippen LogP contribution in [0.5, 0.6) is 0 Å². The highest BCUT2D eigenvalue weighted by atomic mass is 16.6. The Morgan fingerprint density at radius 2 is 1.38 bits per heavy atom. The Morgan fingerprint density at radius 3 is 1.79 bits per heavy atom. The molecule has 0 fully saturated rings. The zero-order valence-electron chi connectivity index (χ0n) is 16.0. The third kappa shape index (κ3) is 14.3. The van der Waals surface area contributed by atoms with Gasteiger partial charge in [0.15, 0.2) is 0 Å². The van der Waals surface area contributed by atoms with Crippen molar-refractivity contribution >= 4 is 12.1 Å². The van der Waals surface area contributed by atoms with Crippen LogP contribution in [0.4, 0.5) is 4.79 Å². The lowest BCUT2D eigenvalue weighted by molar-refractivity contribution is -0.139. The Hall–Kier alpha value is -1.26. The summed E-state index contributed by atoms with van der Waals surface area (Å²) in [6, 6.07) is -0.867. The number of hydrogen-bond donors (Lipinski definition) is 2. The van der Waals surface area contributed by atoms with Gasteiger partial charge in [-0.3, -0.25) is 0 Å².